The molecule has 0 bridgehead atoms. The molecule has 2 aliphatic rings. The molecule has 0 atom stereocenters. The second-order valence-electron chi connectivity index (χ2n) is 7.14. The van der Waals surface area contributed by atoms with E-state index in [0.29, 0.717) is 11.7 Å². The van der Waals surface area contributed by atoms with Crippen LogP contribution in [0.1, 0.15) is 18.5 Å². The Morgan fingerprint density at radius 3 is 2.61 bits per heavy atom. The number of aromatic nitrogens is 3. The zero-order valence-electron chi connectivity index (χ0n) is 16.2. The van der Waals surface area contributed by atoms with E-state index in [2.05, 4.69) is 37.8 Å². The highest BCUT2D eigenvalue weighted by molar-refractivity contribution is 5.46. The maximum Gasteiger partial charge on any atom is 0.227 e. The summed E-state index contributed by atoms with van der Waals surface area (Å²) in [5.74, 6) is 2.62. The summed E-state index contributed by atoms with van der Waals surface area (Å²) in [6.07, 6.45) is 3.88. The van der Waals surface area contributed by atoms with Gasteiger partial charge in [-0.1, -0.05) is 6.07 Å². The van der Waals surface area contributed by atoms with E-state index >= 15 is 0 Å². The van der Waals surface area contributed by atoms with Gasteiger partial charge >= 0.3 is 0 Å². The molecule has 0 unspecified atom stereocenters. The van der Waals surface area contributed by atoms with Crippen LogP contribution in [-0.4, -0.2) is 67.4 Å². The molecule has 8 nitrogen and oxygen atoms in total. The van der Waals surface area contributed by atoms with E-state index in [9.17, 15) is 0 Å². The summed E-state index contributed by atoms with van der Waals surface area (Å²) in [5.41, 5.74) is 0.466. The topological polar surface area (TPSA) is 81.4 Å². The zero-order valence-corrected chi connectivity index (χ0v) is 16.2. The van der Waals surface area contributed by atoms with Gasteiger partial charge < -0.3 is 19.4 Å². The van der Waals surface area contributed by atoms with Crippen molar-refractivity contribution < 1.29 is 4.74 Å². The van der Waals surface area contributed by atoms with Crippen molar-refractivity contribution in [3.05, 3.63) is 36.2 Å². The fraction of sp³-hybridized carbons (Fsp3) is 0.500. The molecule has 2 saturated heterocycles. The van der Waals surface area contributed by atoms with E-state index in [1.807, 2.05) is 24.4 Å². The van der Waals surface area contributed by atoms with Crippen molar-refractivity contribution in [1.82, 2.24) is 15.0 Å². The highest BCUT2D eigenvalue weighted by atomic mass is 16.5. The summed E-state index contributed by atoms with van der Waals surface area (Å²) in [5, 5.41) is 9.06. The standard InChI is InChI=1S/C20H25N7O/c1-25(18-5-8-22-20(24-18)27-11-13-28-14-12-27)17-6-9-26(10-7-17)19-4-2-3-16(15-21)23-19/h2-5,8,17H,6-7,9-14H2,1H3. The first-order chi connectivity index (χ1) is 13.7. The third-order valence-electron chi connectivity index (χ3n) is 5.47. The number of anilines is 3. The molecule has 28 heavy (non-hydrogen) atoms. The molecular weight excluding hydrogens is 354 g/mol. The number of morpholine rings is 1. The van der Waals surface area contributed by atoms with Crippen molar-refractivity contribution in [3.8, 4) is 6.07 Å². The van der Waals surface area contributed by atoms with Crippen molar-refractivity contribution in [1.29, 1.82) is 5.26 Å². The molecule has 0 N–H and O–H groups in total. The van der Waals surface area contributed by atoms with E-state index in [4.69, 9.17) is 15.0 Å². The molecule has 2 fully saturated rings. The summed E-state index contributed by atoms with van der Waals surface area (Å²) in [4.78, 5) is 20.4. The number of nitriles is 1. The fourth-order valence-electron chi connectivity index (χ4n) is 3.78. The molecule has 0 spiro atoms. The summed E-state index contributed by atoms with van der Waals surface area (Å²) in [6.45, 7) is 4.95. The van der Waals surface area contributed by atoms with Gasteiger partial charge in [-0.25, -0.2) is 9.97 Å². The van der Waals surface area contributed by atoms with Crippen molar-refractivity contribution in [3.63, 3.8) is 0 Å². The van der Waals surface area contributed by atoms with Crippen molar-refractivity contribution >= 4 is 17.6 Å². The molecule has 0 saturated carbocycles. The van der Waals surface area contributed by atoms with Gasteiger partial charge in [-0.2, -0.15) is 10.2 Å². The van der Waals surface area contributed by atoms with E-state index in [-0.39, 0.29) is 0 Å². The van der Waals surface area contributed by atoms with Crippen LogP contribution in [0.2, 0.25) is 0 Å². The number of hydrogen-bond donors (Lipinski definition) is 0. The molecule has 0 amide bonds. The van der Waals surface area contributed by atoms with Gasteiger partial charge in [0.1, 0.15) is 23.4 Å². The predicted octanol–water partition coefficient (Wildman–Crippen LogP) is 1.69. The maximum atomic E-state index is 9.06. The van der Waals surface area contributed by atoms with Crippen LogP contribution in [0.15, 0.2) is 30.5 Å². The van der Waals surface area contributed by atoms with E-state index in [1.165, 1.54) is 0 Å². The summed E-state index contributed by atoms with van der Waals surface area (Å²) in [6, 6.07) is 10.1. The minimum absolute atomic E-state index is 0.419. The van der Waals surface area contributed by atoms with Gasteiger partial charge in [0.2, 0.25) is 5.95 Å². The van der Waals surface area contributed by atoms with E-state index in [0.717, 1.165) is 69.8 Å². The van der Waals surface area contributed by atoms with Crippen LogP contribution < -0.4 is 14.7 Å². The SMILES string of the molecule is CN(c1ccnc(N2CCOCC2)n1)C1CCN(c2cccc(C#N)n2)CC1. The van der Waals surface area contributed by atoms with Gasteiger partial charge in [-0.05, 0) is 31.0 Å². The number of piperidine rings is 1. The lowest BCUT2D eigenvalue weighted by Crippen LogP contribution is -2.44. The Labute approximate surface area is 165 Å². The van der Waals surface area contributed by atoms with Crippen LogP contribution in [0.25, 0.3) is 0 Å². The Kier molecular flexibility index (Phi) is 5.53. The lowest BCUT2D eigenvalue weighted by molar-refractivity contribution is 0.122. The van der Waals surface area contributed by atoms with Gasteiger partial charge in [0, 0.05) is 45.5 Å². The van der Waals surface area contributed by atoms with Gasteiger partial charge in [0.15, 0.2) is 0 Å². The predicted molar refractivity (Wildman–Crippen MR) is 108 cm³/mol. The zero-order chi connectivity index (χ0) is 19.3. The molecule has 4 rings (SSSR count). The highest BCUT2D eigenvalue weighted by Gasteiger charge is 2.25. The quantitative estimate of drug-likeness (QED) is 0.794. The van der Waals surface area contributed by atoms with Crippen LogP contribution in [0.3, 0.4) is 0 Å². The Bertz CT molecular complexity index is 838. The third-order valence-corrected chi connectivity index (χ3v) is 5.47. The number of rotatable bonds is 4. The van der Waals surface area contributed by atoms with E-state index in [1.54, 1.807) is 6.07 Å². The molecule has 4 heterocycles. The maximum absolute atomic E-state index is 9.06. The average Bonchev–Trinajstić information content (AvgIpc) is 2.79. The smallest absolute Gasteiger partial charge is 0.227 e. The summed E-state index contributed by atoms with van der Waals surface area (Å²) >= 11 is 0. The second kappa shape index (κ2) is 8.40. The van der Waals surface area contributed by atoms with Crippen LogP contribution >= 0.6 is 0 Å². The fourth-order valence-corrected chi connectivity index (χ4v) is 3.78. The Morgan fingerprint density at radius 1 is 1.07 bits per heavy atom. The van der Waals surface area contributed by atoms with Gasteiger partial charge in [-0.15, -0.1) is 0 Å². The molecule has 2 aliphatic heterocycles. The van der Waals surface area contributed by atoms with Crippen LogP contribution in [0, 0.1) is 11.3 Å². The molecule has 2 aromatic heterocycles. The first-order valence-corrected chi connectivity index (χ1v) is 9.75. The molecule has 2 aromatic rings. The van der Waals surface area contributed by atoms with E-state index < -0.39 is 0 Å². The molecule has 8 heteroatoms. The van der Waals surface area contributed by atoms with Crippen molar-refractivity contribution in [2.24, 2.45) is 0 Å². The number of nitrogens with zero attached hydrogens (tertiary/aromatic N) is 7. The Hall–Kier alpha value is -2.92. The number of ether oxygens (including phenoxy) is 1. The molecular formula is C20H25N7O. The average molecular weight is 379 g/mol. The number of pyridine rings is 1. The first kappa shape index (κ1) is 18.4. The third kappa shape index (κ3) is 3.99. The van der Waals surface area contributed by atoms with Gasteiger partial charge in [0.05, 0.1) is 13.2 Å². The minimum atomic E-state index is 0.419. The van der Waals surface area contributed by atoms with Crippen LogP contribution in [-0.2, 0) is 4.74 Å². The monoisotopic (exact) mass is 379 g/mol. The van der Waals surface area contributed by atoms with Gasteiger partial charge in [0.25, 0.3) is 0 Å². The summed E-state index contributed by atoms with van der Waals surface area (Å²) in [7, 11) is 2.11. The van der Waals surface area contributed by atoms with Crippen LogP contribution in [0.5, 0.6) is 0 Å². The Morgan fingerprint density at radius 2 is 1.86 bits per heavy atom. The molecule has 0 aliphatic carbocycles. The second-order valence-corrected chi connectivity index (χ2v) is 7.14. The number of hydrogen-bond acceptors (Lipinski definition) is 8. The largest absolute Gasteiger partial charge is 0.378 e. The Balaban J connectivity index is 1.40. The normalized spacial score (nSPS) is 18.0. The highest BCUT2D eigenvalue weighted by Crippen LogP contribution is 2.24. The lowest BCUT2D eigenvalue weighted by atomic mass is 10.0. The van der Waals surface area contributed by atoms with Crippen molar-refractivity contribution in [2.45, 2.75) is 18.9 Å². The molecule has 0 radical (unpaired) electrons. The van der Waals surface area contributed by atoms with Crippen LogP contribution in [0.4, 0.5) is 17.6 Å². The van der Waals surface area contributed by atoms with Crippen molar-refractivity contribution in [2.75, 3.05) is 61.1 Å². The first-order valence-electron chi connectivity index (χ1n) is 9.75. The molecule has 146 valence electrons. The molecule has 0 aromatic carbocycles. The summed E-state index contributed by atoms with van der Waals surface area (Å²) < 4.78 is 5.42. The van der Waals surface area contributed by atoms with Gasteiger partial charge in [-0.3, -0.25) is 0 Å². The lowest BCUT2D eigenvalue weighted by Gasteiger charge is -2.38. The minimum Gasteiger partial charge on any atom is -0.378 e.